The van der Waals surface area contributed by atoms with Crippen LogP contribution in [-0.2, 0) is 0 Å². The zero-order valence-electron chi connectivity index (χ0n) is 11.5. The smallest absolute Gasteiger partial charge is 0.405 e. The van der Waals surface area contributed by atoms with Gasteiger partial charge in [0.1, 0.15) is 0 Å². The third-order valence-electron chi connectivity index (χ3n) is 1.79. The van der Waals surface area contributed by atoms with Crippen molar-refractivity contribution in [2.45, 2.75) is 46.2 Å². The number of rotatable bonds is 3. The van der Waals surface area contributed by atoms with E-state index in [4.69, 9.17) is 15.3 Å². The predicted molar refractivity (Wildman–Crippen MR) is 67.8 cm³/mol. The molecule has 7 heteroatoms. The van der Waals surface area contributed by atoms with E-state index >= 15 is 0 Å². The Morgan fingerprint density at radius 2 is 1.56 bits per heavy atom. The highest BCUT2D eigenvalue weighted by Gasteiger charge is 2.13. The van der Waals surface area contributed by atoms with Crippen LogP contribution in [0.1, 0.15) is 34.6 Å². The fourth-order valence-electron chi connectivity index (χ4n) is 0.903. The summed E-state index contributed by atoms with van der Waals surface area (Å²) in [6, 6.07) is -0.350. The molecule has 5 N–H and O–H groups in total. The molecule has 0 bridgehead atoms. The Hall–Kier alpha value is -1.50. The lowest BCUT2D eigenvalue weighted by atomic mass is 10.1. The van der Waals surface area contributed by atoms with Crippen LogP contribution in [0.3, 0.4) is 0 Å². The standard InChI is InChI=1S/C6H13NO3.C5H11NO2/c1-4(2)5(3-8)7-6(9)10;1-5(2,3)6-4(7)8/h4-5,7-8H,3H2,1-2H3,(H,9,10);6H,1-3H3,(H,7,8)/t5-;/m1./s1. The second-order valence-electron chi connectivity index (χ2n) is 5.16. The van der Waals surface area contributed by atoms with E-state index < -0.39 is 12.2 Å². The molecule has 0 unspecified atom stereocenters. The summed E-state index contributed by atoms with van der Waals surface area (Å²) < 4.78 is 0. The Labute approximate surface area is 107 Å². The molecule has 18 heavy (non-hydrogen) atoms. The van der Waals surface area contributed by atoms with Crippen LogP contribution in [0, 0.1) is 5.92 Å². The summed E-state index contributed by atoms with van der Waals surface area (Å²) in [5.74, 6) is 0.126. The summed E-state index contributed by atoms with van der Waals surface area (Å²) in [4.78, 5) is 20.0. The number of hydrogen-bond donors (Lipinski definition) is 5. The number of carboxylic acid groups (broad SMARTS) is 2. The highest BCUT2D eigenvalue weighted by Crippen LogP contribution is 1.99. The fourth-order valence-corrected chi connectivity index (χ4v) is 0.903. The minimum atomic E-state index is -1.09. The number of hydrogen-bond acceptors (Lipinski definition) is 3. The third-order valence-corrected chi connectivity index (χ3v) is 1.79. The predicted octanol–water partition coefficient (Wildman–Crippen LogP) is 1.32. The first kappa shape index (κ1) is 18.9. The Bertz CT molecular complexity index is 261. The van der Waals surface area contributed by atoms with Gasteiger partial charge in [-0.15, -0.1) is 0 Å². The Balaban J connectivity index is 0. The molecule has 0 aromatic carbocycles. The molecule has 0 aliphatic heterocycles. The van der Waals surface area contributed by atoms with E-state index in [-0.39, 0.29) is 24.1 Å². The third kappa shape index (κ3) is 14.5. The van der Waals surface area contributed by atoms with Crippen LogP contribution in [0.25, 0.3) is 0 Å². The van der Waals surface area contributed by atoms with E-state index in [1.54, 1.807) is 20.8 Å². The van der Waals surface area contributed by atoms with Crippen molar-refractivity contribution in [1.29, 1.82) is 0 Å². The van der Waals surface area contributed by atoms with Crippen LogP contribution in [0.2, 0.25) is 0 Å². The molecule has 0 aromatic heterocycles. The van der Waals surface area contributed by atoms with Crippen molar-refractivity contribution in [3.8, 4) is 0 Å². The van der Waals surface area contributed by atoms with E-state index in [1.165, 1.54) is 0 Å². The van der Waals surface area contributed by atoms with E-state index in [0.717, 1.165) is 0 Å². The zero-order valence-corrected chi connectivity index (χ0v) is 11.5. The van der Waals surface area contributed by atoms with Gasteiger partial charge >= 0.3 is 12.2 Å². The molecule has 0 spiro atoms. The molecular weight excluding hydrogens is 240 g/mol. The molecule has 0 aliphatic rings. The Morgan fingerprint density at radius 1 is 1.11 bits per heavy atom. The van der Waals surface area contributed by atoms with Gasteiger partial charge in [-0.25, -0.2) is 9.59 Å². The average molecular weight is 264 g/mol. The van der Waals surface area contributed by atoms with Crippen molar-refractivity contribution < 1.29 is 24.9 Å². The molecule has 1 atom stereocenters. The molecule has 0 aromatic rings. The van der Waals surface area contributed by atoms with Crippen LogP contribution in [0.5, 0.6) is 0 Å². The second kappa shape index (κ2) is 8.57. The second-order valence-corrected chi connectivity index (χ2v) is 5.16. The van der Waals surface area contributed by atoms with Crippen molar-refractivity contribution in [1.82, 2.24) is 10.6 Å². The Morgan fingerprint density at radius 3 is 1.61 bits per heavy atom. The van der Waals surface area contributed by atoms with Gasteiger partial charge in [0.2, 0.25) is 0 Å². The highest BCUT2D eigenvalue weighted by molar-refractivity contribution is 5.65. The molecule has 0 heterocycles. The van der Waals surface area contributed by atoms with Crippen molar-refractivity contribution in [3.63, 3.8) is 0 Å². The number of aliphatic hydroxyl groups excluding tert-OH is 1. The minimum absolute atomic E-state index is 0.126. The van der Waals surface area contributed by atoms with Gasteiger partial charge in [0, 0.05) is 5.54 Å². The van der Waals surface area contributed by atoms with Gasteiger partial charge in [0.15, 0.2) is 0 Å². The average Bonchev–Trinajstić information content (AvgIpc) is 2.10. The fraction of sp³-hybridized carbons (Fsp3) is 0.818. The largest absolute Gasteiger partial charge is 0.465 e. The number of aliphatic hydroxyl groups is 1. The van der Waals surface area contributed by atoms with Crippen LogP contribution >= 0.6 is 0 Å². The van der Waals surface area contributed by atoms with Crippen LogP contribution in [0.15, 0.2) is 0 Å². The molecule has 0 fully saturated rings. The molecule has 2 amide bonds. The number of nitrogens with one attached hydrogen (secondary N) is 2. The summed E-state index contributed by atoms with van der Waals surface area (Å²) in [7, 11) is 0. The van der Waals surface area contributed by atoms with E-state index in [1.807, 2.05) is 13.8 Å². The maximum atomic E-state index is 10.1. The molecule has 0 saturated heterocycles. The summed E-state index contributed by atoms with van der Waals surface area (Å²) in [5.41, 5.74) is -0.328. The van der Waals surface area contributed by atoms with Crippen molar-refractivity contribution in [2.24, 2.45) is 5.92 Å². The lowest BCUT2D eigenvalue weighted by Gasteiger charge is -2.17. The SMILES string of the molecule is CC(C)(C)NC(=O)O.CC(C)[C@@H](CO)NC(=O)O. The quantitative estimate of drug-likeness (QED) is 0.526. The van der Waals surface area contributed by atoms with Gasteiger partial charge in [0.05, 0.1) is 12.6 Å². The molecule has 0 saturated carbocycles. The van der Waals surface area contributed by atoms with E-state index in [9.17, 15) is 9.59 Å². The molecule has 7 nitrogen and oxygen atoms in total. The normalized spacial score (nSPS) is 12.2. The van der Waals surface area contributed by atoms with Gasteiger partial charge in [-0.05, 0) is 26.7 Å². The maximum Gasteiger partial charge on any atom is 0.405 e. The van der Waals surface area contributed by atoms with Gasteiger partial charge in [0.25, 0.3) is 0 Å². The van der Waals surface area contributed by atoms with Gasteiger partial charge in [-0.2, -0.15) is 0 Å². The van der Waals surface area contributed by atoms with Gasteiger partial charge < -0.3 is 26.0 Å². The number of amides is 2. The first-order valence-corrected chi connectivity index (χ1v) is 5.61. The monoisotopic (exact) mass is 264 g/mol. The molecule has 0 rings (SSSR count). The summed E-state index contributed by atoms with van der Waals surface area (Å²) in [5, 5.41) is 29.5. The maximum absolute atomic E-state index is 10.1. The summed E-state index contributed by atoms with van der Waals surface area (Å²) in [6.45, 7) is 8.92. The van der Waals surface area contributed by atoms with Crippen molar-refractivity contribution in [3.05, 3.63) is 0 Å². The minimum Gasteiger partial charge on any atom is -0.465 e. The van der Waals surface area contributed by atoms with Crippen LogP contribution < -0.4 is 10.6 Å². The lowest BCUT2D eigenvalue weighted by molar-refractivity contribution is 0.166. The zero-order chi connectivity index (χ0) is 14.9. The van der Waals surface area contributed by atoms with Gasteiger partial charge in [-0.3, -0.25) is 0 Å². The van der Waals surface area contributed by atoms with E-state index in [2.05, 4.69) is 10.6 Å². The Kier molecular flexibility index (Phi) is 8.98. The molecular formula is C11H24N2O5. The van der Waals surface area contributed by atoms with Gasteiger partial charge in [-0.1, -0.05) is 13.8 Å². The number of carbonyl (C=O) groups is 2. The van der Waals surface area contributed by atoms with Crippen molar-refractivity contribution >= 4 is 12.2 Å². The lowest BCUT2D eigenvalue weighted by Crippen LogP contribution is -2.40. The summed E-state index contributed by atoms with van der Waals surface area (Å²) >= 11 is 0. The topological polar surface area (TPSA) is 119 Å². The van der Waals surface area contributed by atoms with Crippen molar-refractivity contribution in [2.75, 3.05) is 6.61 Å². The van der Waals surface area contributed by atoms with Crippen LogP contribution in [-0.4, -0.2) is 45.7 Å². The molecule has 0 aliphatic carbocycles. The molecule has 108 valence electrons. The first-order valence-electron chi connectivity index (χ1n) is 5.61. The van der Waals surface area contributed by atoms with Crippen LogP contribution in [0.4, 0.5) is 9.59 Å². The highest BCUT2D eigenvalue weighted by atomic mass is 16.4. The first-order chi connectivity index (χ1) is 7.99. The summed E-state index contributed by atoms with van der Waals surface area (Å²) in [6.07, 6.45) is -2.06. The molecule has 0 radical (unpaired) electrons. The van der Waals surface area contributed by atoms with E-state index in [0.29, 0.717) is 0 Å².